The molecule has 0 amide bonds. The molecule has 2 N–H and O–H groups in total. The first-order valence-electron chi connectivity index (χ1n) is 8.16. The highest BCUT2D eigenvalue weighted by Gasteiger charge is 2.24. The van der Waals surface area contributed by atoms with Gasteiger partial charge in [0.15, 0.2) is 5.84 Å². The molecule has 2 aromatic carbocycles. The molecule has 9 heteroatoms. The maximum Gasteiger partial charge on any atom is 0.177 e. The molecule has 138 valence electrons. The molecule has 0 radical (unpaired) electrons. The van der Waals surface area contributed by atoms with Crippen LogP contribution in [-0.2, 0) is 6.54 Å². The molecule has 27 heavy (non-hydrogen) atoms. The number of hydrogen-bond acceptors (Lipinski definition) is 6. The Kier molecular flexibility index (Phi) is 5.01. The molecule has 0 spiro atoms. The van der Waals surface area contributed by atoms with E-state index >= 15 is 0 Å². The quantitative estimate of drug-likeness (QED) is 0.561. The standard InChI is InChI=1S/C18H16Cl2N6S/c1-11-3-2-4-12(5-11)10-25-17(22-23-24-25)16-9-21-26(18(16)27)15-7-13(19)6-14(20)8-15/h2-9,23-24,27H,10H2,1H3. The van der Waals surface area contributed by atoms with Crippen LogP contribution in [0.5, 0.6) is 0 Å². The fourth-order valence-corrected chi connectivity index (χ4v) is 3.75. The lowest BCUT2D eigenvalue weighted by molar-refractivity contribution is 0.288. The molecule has 4 rings (SSSR count). The number of hydrogen-bond donors (Lipinski definition) is 3. The number of aryl methyl sites for hydroxylation is 1. The lowest BCUT2D eigenvalue weighted by atomic mass is 10.1. The summed E-state index contributed by atoms with van der Waals surface area (Å²) in [5.41, 5.74) is 9.71. The lowest BCUT2D eigenvalue weighted by Crippen LogP contribution is -2.40. The van der Waals surface area contributed by atoms with Crippen molar-refractivity contribution in [3.8, 4) is 5.69 Å². The Bertz CT molecular complexity index is 1010. The Morgan fingerprint density at radius 1 is 1.11 bits per heavy atom. The summed E-state index contributed by atoms with van der Waals surface area (Å²) >= 11 is 16.9. The highest BCUT2D eigenvalue weighted by Crippen LogP contribution is 2.26. The number of benzene rings is 2. The molecule has 0 bridgehead atoms. The van der Waals surface area contributed by atoms with Gasteiger partial charge in [-0.05, 0) is 30.7 Å². The van der Waals surface area contributed by atoms with Crippen molar-refractivity contribution in [3.05, 3.63) is 75.4 Å². The predicted octanol–water partition coefficient (Wildman–Crippen LogP) is 3.96. The second-order valence-corrected chi connectivity index (χ2v) is 7.45. The van der Waals surface area contributed by atoms with Crippen LogP contribution >= 0.6 is 35.8 Å². The highest BCUT2D eigenvalue weighted by molar-refractivity contribution is 7.80. The monoisotopic (exact) mass is 418 g/mol. The summed E-state index contributed by atoms with van der Waals surface area (Å²) < 4.78 is 1.67. The van der Waals surface area contributed by atoms with Crippen molar-refractivity contribution < 1.29 is 0 Å². The van der Waals surface area contributed by atoms with Crippen molar-refractivity contribution in [2.75, 3.05) is 0 Å². The number of nitrogens with zero attached hydrogens (tertiary/aromatic N) is 4. The van der Waals surface area contributed by atoms with Crippen LogP contribution < -0.4 is 11.1 Å². The molecule has 0 unspecified atom stereocenters. The Balaban J connectivity index is 1.64. The molecule has 0 saturated carbocycles. The Morgan fingerprint density at radius 2 is 1.89 bits per heavy atom. The normalized spacial score (nSPS) is 13.6. The number of amidine groups is 1. The molecular formula is C18H16Cl2N6S. The van der Waals surface area contributed by atoms with E-state index in [1.54, 1.807) is 29.1 Å². The highest BCUT2D eigenvalue weighted by atomic mass is 35.5. The van der Waals surface area contributed by atoms with Crippen molar-refractivity contribution in [1.29, 1.82) is 0 Å². The van der Waals surface area contributed by atoms with Crippen LogP contribution in [0.15, 0.2) is 58.8 Å². The number of aromatic nitrogens is 2. The van der Waals surface area contributed by atoms with Crippen LogP contribution in [0.25, 0.3) is 5.69 Å². The van der Waals surface area contributed by atoms with Crippen LogP contribution in [0.1, 0.15) is 16.7 Å². The molecule has 1 aromatic heterocycles. The van der Waals surface area contributed by atoms with E-state index in [2.05, 4.69) is 59.0 Å². The summed E-state index contributed by atoms with van der Waals surface area (Å²) in [6, 6.07) is 13.5. The third-order valence-corrected chi connectivity index (χ3v) is 4.97. The summed E-state index contributed by atoms with van der Waals surface area (Å²) in [4.78, 5) is 0. The van der Waals surface area contributed by atoms with Gasteiger partial charge in [-0.25, -0.2) is 10.2 Å². The third-order valence-electron chi connectivity index (χ3n) is 4.10. The SMILES string of the molecule is Cc1cccc(CN2NNN=C2c2cnn(-c3cc(Cl)cc(Cl)c3)c2S)c1. The first-order chi connectivity index (χ1) is 13.0. The van der Waals surface area contributed by atoms with Crippen molar-refractivity contribution in [2.45, 2.75) is 18.5 Å². The van der Waals surface area contributed by atoms with Crippen molar-refractivity contribution in [1.82, 2.24) is 25.9 Å². The van der Waals surface area contributed by atoms with Gasteiger partial charge in [0.05, 0.1) is 24.0 Å². The smallest absolute Gasteiger partial charge is 0.177 e. The number of hydrazone groups is 1. The van der Waals surface area contributed by atoms with Gasteiger partial charge >= 0.3 is 0 Å². The average Bonchev–Trinajstić information content (AvgIpc) is 3.20. The fraction of sp³-hybridized carbons (Fsp3) is 0.111. The zero-order valence-electron chi connectivity index (χ0n) is 14.3. The number of hydrazine groups is 2. The first-order valence-corrected chi connectivity index (χ1v) is 9.37. The summed E-state index contributed by atoms with van der Waals surface area (Å²) in [6.45, 7) is 2.70. The fourth-order valence-electron chi connectivity index (χ4n) is 2.91. The van der Waals surface area contributed by atoms with Gasteiger partial charge in [-0.2, -0.15) is 5.10 Å². The lowest BCUT2D eigenvalue weighted by Gasteiger charge is -2.19. The zero-order chi connectivity index (χ0) is 19.0. The van der Waals surface area contributed by atoms with Gasteiger partial charge in [-0.3, -0.25) is 5.01 Å². The van der Waals surface area contributed by atoms with E-state index in [-0.39, 0.29) is 0 Å². The zero-order valence-corrected chi connectivity index (χ0v) is 16.7. The number of thiol groups is 1. The van der Waals surface area contributed by atoms with E-state index in [1.807, 2.05) is 11.1 Å². The summed E-state index contributed by atoms with van der Waals surface area (Å²) in [7, 11) is 0. The van der Waals surface area contributed by atoms with Gasteiger partial charge in [-0.15, -0.1) is 23.3 Å². The Morgan fingerprint density at radius 3 is 2.63 bits per heavy atom. The van der Waals surface area contributed by atoms with E-state index in [4.69, 9.17) is 23.2 Å². The van der Waals surface area contributed by atoms with Crippen LogP contribution in [0.2, 0.25) is 10.0 Å². The van der Waals surface area contributed by atoms with Crippen LogP contribution in [0.3, 0.4) is 0 Å². The molecule has 1 aliphatic rings. The molecule has 0 saturated heterocycles. The second kappa shape index (κ2) is 7.44. The van der Waals surface area contributed by atoms with Crippen molar-refractivity contribution in [2.24, 2.45) is 5.10 Å². The predicted molar refractivity (Wildman–Crippen MR) is 110 cm³/mol. The van der Waals surface area contributed by atoms with E-state index in [0.29, 0.717) is 27.5 Å². The Labute approximate surface area is 172 Å². The van der Waals surface area contributed by atoms with E-state index < -0.39 is 0 Å². The number of halogens is 2. The van der Waals surface area contributed by atoms with Crippen LogP contribution in [0, 0.1) is 6.92 Å². The molecule has 0 aliphatic carbocycles. The average molecular weight is 419 g/mol. The molecular weight excluding hydrogens is 403 g/mol. The Hall–Kier alpha value is -2.19. The topological polar surface area (TPSA) is 57.5 Å². The van der Waals surface area contributed by atoms with Gasteiger partial charge in [-0.1, -0.05) is 53.0 Å². The van der Waals surface area contributed by atoms with E-state index in [9.17, 15) is 0 Å². The van der Waals surface area contributed by atoms with Crippen LogP contribution in [0.4, 0.5) is 0 Å². The van der Waals surface area contributed by atoms with Crippen LogP contribution in [-0.4, -0.2) is 20.6 Å². The van der Waals surface area contributed by atoms with Crippen molar-refractivity contribution >= 4 is 41.7 Å². The van der Waals surface area contributed by atoms with Gasteiger partial charge in [0.25, 0.3) is 0 Å². The molecule has 0 atom stereocenters. The van der Waals surface area contributed by atoms with E-state index in [1.165, 1.54) is 5.56 Å². The minimum Gasteiger partial charge on any atom is -0.266 e. The first kappa shape index (κ1) is 18.2. The van der Waals surface area contributed by atoms with Gasteiger partial charge < -0.3 is 0 Å². The maximum atomic E-state index is 6.11. The summed E-state index contributed by atoms with van der Waals surface area (Å²) in [6.07, 6.45) is 1.72. The molecule has 3 aromatic rings. The number of rotatable bonds is 4. The summed E-state index contributed by atoms with van der Waals surface area (Å²) in [5.74, 6) is 0.695. The van der Waals surface area contributed by atoms with Gasteiger partial charge in [0.2, 0.25) is 0 Å². The number of nitrogens with one attached hydrogen (secondary N) is 2. The largest absolute Gasteiger partial charge is 0.266 e. The minimum absolute atomic E-state index is 0.532. The minimum atomic E-state index is 0.532. The molecule has 2 heterocycles. The van der Waals surface area contributed by atoms with Gasteiger partial charge in [0.1, 0.15) is 5.03 Å². The second-order valence-electron chi connectivity index (χ2n) is 6.16. The molecule has 1 aliphatic heterocycles. The molecule has 6 nitrogen and oxygen atoms in total. The maximum absolute atomic E-state index is 6.11. The van der Waals surface area contributed by atoms with Gasteiger partial charge in [0, 0.05) is 10.0 Å². The third kappa shape index (κ3) is 3.77. The van der Waals surface area contributed by atoms with Crippen molar-refractivity contribution in [3.63, 3.8) is 0 Å². The summed E-state index contributed by atoms with van der Waals surface area (Å²) in [5, 5.41) is 12.4. The molecule has 0 fully saturated rings. The van der Waals surface area contributed by atoms with E-state index in [0.717, 1.165) is 16.8 Å².